The molecular weight excluding hydrogens is 623 g/mol. The third kappa shape index (κ3) is 4.83. The molecule has 3 heterocycles. The van der Waals surface area contributed by atoms with E-state index in [9.17, 15) is 9.59 Å². The normalized spacial score (nSPS) is 13.7. The summed E-state index contributed by atoms with van der Waals surface area (Å²) in [6.07, 6.45) is -0.555. The SMILES string of the molecule is O=c1c(OCc2ccc(C3Oc4c(oc5ccc(Cl)cc5c4=O)-c4ccccc43)cc2)c(-c2ccccc2)oc2ccc(Cl)cc12. The fourth-order valence-corrected chi connectivity index (χ4v) is 6.15. The maximum Gasteiger partial charge on any atom is 0.235 e. The Labute approximate surface area is 272 Å². The van der Waals surface area contributed by atoms with E-state index in [1.165, 1.54) is 0 Å². The van der Waals surface area contributed by atoms with Gasteiger partial charge in [0, 0.05) is 26.7 Å². The van der Waals surface area contributed by atoms with Gasteiger partial charge in [-0.05, 0) is 47.5 Å². The van der Waals surface area contributed by atoms with E-state index in [0.717, 1.165) is 27.8 Å². The lowest BCUT2D eigenvalue weighted by Crippen LogP contribution is -2.20. The highest BCUT2D eigenvalue weighted by atomic mass is 35.5. The standard InChI is InChI=1S/C38H22Cl2O6/c39-24-14-16-30-28(18-24)32(41)37(35(44-30)22-6-2-1-3-7-22)43-20-21-10-12-23(13-11-21)34-26-8-4-5-9-27(26)36-38(46-34)33(42)29-19-25(40)15-17-31(29)45-36/h1-19,34H,20H2. The average Bonchev–Trinajstić information content (AvgIpc) is 3.09. The van der Waals surface area contributed by atoms with Gasteiger partial charge in [-0.2, -0.15) is 0 Å². The maximum atomic E-state index is 13.6. The summed E-state index contributed by atoms with van der Waals surface area (Å²) in [4.78, 5) is 27.1. The van der Waals surface area contributed by atoms with Gasteiger partial charge in [0.05, 0.1) is 10.8 Å². The molecule has 1 aliphatic rings. The molecule has 0 saturated heterocycles. The van der Waals surface area contributed by atoms with Gasteiger partial charge in [0.2, 0.25) is 22.4 Å². The van der Waals surface area contributed by atoms with Gasteiger partial charge in [0.25, 0.3) is 0 Å². The second-order valence-electron chi connectivity index (χ2n) is 10.9. The smallest absolute Gasteiger partial charge is 0.235 e. The van der Waals surface area contributed by atoms with Crippen LogP contribution in [-0.4, -0.2) is 0 Å². The van der Waals surface area contributed by atoms with Crippen LogP contribution in [0.1, 0.15) is 22.8 Å². The number of hydrogen-bond acceptors (Lipinski definition) is 6. The Kier molecular flexibility index (Phi) is 6.89. The van der Waals surface area contributed by atoms with E-state index in [-0.39, 0.29) is 29.0 Å². The van der Waals surface area contributed by atoms with Crippen LogP contribution in [0.25, 0.3) is 44.6 Å². The van der Waals surface area contributed by atoms with Crippen LogP contribution < -0.4 is 20.3 Å². The Balaban J connectivity index is 1.13. The van der Waals surface area contributed by atoms with Crippen LogP contribution in [-0.2, 0) is 6.61 Å². The minimum atomic E-state index is -0.555. The molecule has 0 amide bonds. The number of rotatable bonds is 5. The molecule has 0 aliphatic carbocycles. The zero-order chi connectivity index (χ0) is 31.4. The lowest BCUT2D eigenvalue weighted by atomic mass is 9.92. The fraction of sp³-hybridized carbons (Fsp3) is 0.0526. The largest absolute Gasteiger partial charge is 0.481 e. The van der Waals surface area contributed by atoms with Crippen molar-refractivity contribution in [1.29, 1.82) is 0 Å². The summed E-state index contributed by atoms with van der Waals surface area (Å²) in [6, 6.07) is 34.6. The number of hydrogen-bond donors (Lipinski definition) is 0. The highest BCUT2D eigenvalue weighted by molar-refractivity contribution is 6.31. The summed E-state index contributed by atoms with van der Waals surface area (Å²) >= 11 is 12.4. The third-order valence-electron chi connectivity index (χ3n) is 8.05. The Morgan fingerprint density at radius 1 is 0.652 bits per heavy atom. The van der Waals surface area contributed by atoms with Crippen LogP contribution in [0.2, 0.25) is 10.0 Å². The van der Waals surface area contributed by atoms with Crippen molar-refractivity contribution in [1.82, 2.24) is 0 Å². The number of benzene rings is 5. The Hall–Kier alpha value is -5.30. The molecule has 0 N–H and O–H groups in total. The molecule has 6 nitrogen and oxygen atoms in total. The van der Waals surface area contributed by atoms with Crippen LogP contribution in [0.15, 0.2) is 134 Å². The first-order valence-corrected chi connectivity index (χ1v) is 15.3. The molecule has 0 bridgehead atoms. The Morgan fingerprint density at radius 3 is 2.00 bits per heavy atom. The van der Waals surface area contributed by atoms with E-state index in [1.54, 1.807) is 36.4 Å². The number of ether oxygens (including phenoxy) is 2. The van der Waals surface area contributed by atoms with Crippen LogP contribution in [0.4, 0.5) is 0 Å². The number of halogens is 2. The summed E-state index contributed by atoms with van der Waals surface area (Å²) in [5.74, 6) is 0.977. The first-order chi connectivity index (χ1) is 22.4. The van der Waals surface area contributed by atoms with E-state index in [2.05, 4.69) is 0 Å². The molecule has 8 rings (SSSR count). The van der Waals surface area contributed by atoms with Crippen LogP contribution in [0.5, 0.6) is 11.5 Å². The first-order valence-electron chi connectivity index (χ1n) is 14.5. The van der Waals surface area contributed by atoms with E-state index in [1.807, 2.05) is 78.9 Å². The highest BCUT2D eigenvalue weighted by Crippen LogP contribution is 2.44. The van der Waals surface area contributed by atoms with Gasteiger partial charge in [0.1, 0.15) is 23.9 Å². The molecule has 7 aromatic rings. The van der Waals surface area contributed by atoms with Gasteiger partial charge < -0.3 is 18.3 Å². The minimum absolute atomic E-state index is 0.102. The fourth-order valence-electron chi connectivity index (χ4n) is 5.80. The van der Waals surface area contributed by atoms with Gasteiger partial charge in [-0.25, -0.2) is 0 Å². The number of fused-ring (bicyclic) bond motifs is 5. The van der Waals surface area contributed by atoms with Crippen LogP contribution >= 0.6 is 23.2 Å². The first kappa shape index (κ1) is 28.2. The van der Waals surface area contributed by atoms with Crippen molar-refractivity contribution in [3.63, 3.8) is 0 Å². The lowest BCUT2D eigenvalue weighted by molar-refractivity contribution is 0.234. The van der Waals surface area contributed by atoms with Crippen molar-refractivity contribution < 1.29 is 18.3 Å². The van der Waals surface area contributed by atoms with Crippen molar-refractivity contribution in [2.24, 2.45) is 0 Å². The molecular formula is C38H22Cl2O6. The molecule has 0 fully saturated rings. The van der Waals surface area contributed by atoms with E-state index in [4.69, 9.17) is 41.5 Å². The molecule has 0 radical (unpaired) electrons. The van der Waals surface area contributed by atoms with Crippen molar-refractivity contribution in [3.05, 3.63) is 162 Å². The topological polar surface area (TPSA) is 78.9 Å². The molecule has 8 heteroatoms. The van der Waals surface area contributed by atoms with Crippen LogP contribution in [0.3, 0.4) is 0 Å². The molecule has 1 atom stereocenters. The van der Waals surface area contributed by atoms with Gasteiger partial charge in [-0.1, -0.05) is 102 Å². The average molecular weight is 645 g/mol. The Bertz CT molecular complexity index is 2410. The molecule has 224 valence electrons. The second kappa shape index (κ2) is 11.2. The van der Waals surface area contributed by atoms with E-state index in [0.29, 0.717) is 43.5 Å². The zero-order valence-electron chi connectivity index (χ0n) is 24.0. The second-order valence-corrected chi connectivity index (χ2v) is 11.8. The lowest BCUT2D eigenvalue weighted by Gasteiger charge is -2.28. The third-order valence-corrected chi connectivity index (χ3v) is 8.52. The molecule has 1 aliphatic heterocycles. The molecule has 0 spiro atoms. The Morgan fingerprint density at radius 2 is 1.28 bits per heavy atom. The highest BCUT2D eigenvalue weighted by Gasteiger charge is 2.32. The predicted octanol–water partition coefficient (Wildman–Crippen LogP) is 9.60. The zero-order valence-corrected chi connectivity index (χ0v) is 25.5. The van der Waals surface area contributed by atoms with Crippen molar-refractivity contribution in [2.75, 3.05) is 0 Å². The monoisotopic (exact) mass is 644 g/mol. The quantitative estimate of drug-likeness (QED) is 0.186. The minimum Gasteiger partial charge on any atom is -0.481 e. The van der Waals surface area contributed by atoms with Crippen molar-refractivity contribution >= 4 is 45.1 Å². The van der Waals surface area contributed by atoms with Gasteiger partial charge in [0.15, 0.2) is 11.5 Å². The summed E-state index contributed by atoms with van der Waals surface area (Å²) in [6.45, 7) is 0.109. The molecule has 2 aromatic heterocycles. The van der Waals surface area contributed by atoms with E-state index >= 15 is 0 Å². The van der Waals surface area contributed by atoms with Gasteiger partial charge in [-0.3, -0.25) is 9.59 Å². The molecule has 46 heavy (non-hydrogen) atoms. The van der Waals surface area contributed by atoms with Crippen molar-refractivity contribution in [2.45, 2.75) is 12.7 Å². The summed E-state index contributed by atoms with van der Waals surface area (Å²) in [5.41, 5.74) is 4.29. The molecule has 0 saturated carbocycles. The summed E-state index contributed by atoms with van der Waals surface area (Å²) in [5, 5.41) is 1.56. The van der Waals surface area contributed by atoms with Crippen LogP contribution in [0, 0.1) is 0 Å². The van der Waals surface area contributed by atoms with Crippen molar-refractivity contribution in [3.8, 4) is 34.1 Å². The van der Waals surface area contributed by atoms with Gasteiger partial charge >= 0.3 is 0 Å². The summed E-state index contributed by atoms with van der Waals surface area (Å²) in [7, 11) is 0. The molecule has 5 aromatic carbocycles. The van der Waals surface area contributed by atoms with E-state index < -0.39 is 6.10 Å². The van der Waals surface area contributed by atoms with Gasteiger partial charge in [-0.15, -0.1) is 0 Å². The maximum absolute atomic E-state index is 13.6. The molecule has 1 unspecified atom stereocenters. The predicted molar refractivity (Wildman–Crippen MR) is 179 cm³/mol. The summed E-state index contributed by atoms with van der Waals surface area (Å²) < 4.78 is 24.9.